The number of benzene rings is 2. The molecule has 0 amide bonds. The summed E-state index contributed by atoms with van der Waals surface area (Å²) < 4.78 is 34.0. The minimum Gasteiger partial charge on any atom is -0.454 e. The Kier molecular flexibility index (Phi) is 4.83. The molecule has 0 bridgehead atoms. The smallest absolute Gasteiger partial charge is 0.250 e. The molecule has 3 N–H and O–H groups in total. The lowest BCUT2D eigenvalue weighted by Crippen LogP contribution is -2.14. The molecule has 3 rings (SSSR count). The number of aliphatic hydroxyl groups is 1. The molecule has 2 aromatic carbocycles. The minimum absolute atomic E-state index is 0.154. The van der Waals surface area contributed by atoms with Crippen LogP contribution in [0.25, 0.3) is 11.1 Å². The third-order valence-electron chi connectivity index (χ3n) is 3.86. The van der Waals surface area contributed by atoms with Crippen LogP contribution in [0, 0.1) is 11.6 Å². The van der Waals surface area contributed by atoms with Crippen LogP contribution in [0.1, 0.15) is 11.8 Å². The highest BCUT2D eigenvalue weighted by molar-refractivity contribution is 5.71. The van der Waals surface area contributed by atoms with Crippen molar-refractivity contribution in [1.29, 1.82) is 0 Å². The second kappa shape index (κ2) is 7.07. The predicted octanol–water partition coefficient (Wildman–Crippen LogP) is 3.07. The van der Waals surface area contributed by atoms with Gasteiger partial charge in [-0.1, -0.05) is 6.07 Å². The Balaban J connectivity index is 2.12. The highest BCUT2D eigenvalue weighted by atomic mass is 19.1. The highest BCUT2D eigenvalue weighted by Gasteiger charge is 2.14. The molecule has 0 aliphatic rings. The van der Waals surface area contributed by atoms with Gasteiger partial charge in [0, 0.05) is 36.5 Å². The molecule has 26 heavy (non-hydrogen) atoms. The van der Waals surface area contributed by atoms with Crippen LogP contribution in [0.3, 0.4) is 0 Å². The van der Waals surface area contributed by atoms with Gasteiger partial charge < -0.3 is 20.1 Å². The molecular formula is C19H16F2N2O3. The van der Waals surface area contributed by atoms with Crippen molar-refractivity contribution in [3.05, 3.63) is 82.3 Å². The van der Waals surface area contributed by atoms with Gasteiger partial charge in [-0.2, -0.15) is 0 Å². The van der Waals surface area contributed by atoms with E-state index in [4.69, 9.17) is 10.5 Å². The lowest BCUT2D eigenvalue weighted by molar-refractivity contribution is 0.186. The Morgan fingerprint density at radius 3 is 2.46 bits per heavy atom. The van der Waals surface area contributed by atoms with Gasteiger partial charge in [-0.05, 0) is 35.9 Å². The fourth-order valence-electron chi connectivity index (χ4n) is 2.48. The third kappa shape index (κ3) is 3.63. The van der Waals surface area contributed by atoms with E-state index in [2.05, 4.69) is 0 Å². The van der Waals surface area contributed by atoms with Crippen LogP contribution >= 0.6 is 0 Å². The maximum absolute atomic E-state index is 13.9. The number of pyridine rings is 1. The maximum atomic E-state index is 13.9. The molecule has 0 saturated carbocycles. The molecular weight excluding hydrogens is 342 g/mol. The zero-order valence-corrected chi connectivity index (χ0v) is 13.8. The molecule has 0 aliphatic carbocycles. The summed E-state index contributed by atoms with van der Waals surface area (Å²) in [5, 5.41) is 9.63. The summed E-state index contributed by atoms with van der Waals surface area (Å²) in [6, 6.07) is 10.6. The third-order valence-corrected chi connectivity index (χ3v) is 3.86. The normalized spacial score (nSPS) is 12.0. The zero-order valence-electron chi connectivity index (χ0n) is 13.8. The van der Waals surface area contributed by atoms with Gasteiger partial charge in [0.15, 0.2) is 11.6 Å². The van der Waals surface area contributed by atoms with Crippen LogP contribution in [0.4, 0.5) is 8.78 Å². The van der Waals surface area contributed by atoms with Crippen LogP contribution in [0.2, 0.25) is 0 Å². The summed E-state index contributed by atoms with van der Waals surface area (Å²) in [5.41, 5.74) is 6.83. The molecule has 0 unspecified atom stereocenters. The van der Waals surface area contributed by atoms with Crippen molar-refractivity contribution < 1.29 is 18.6 Å². The summed E-state index contributed by atoms with van der Waals surface area (Å²) in [5.74, 6) is -1.45. The van der Waals surface area contributed by atoms with Crippen molar-refractivity contribution in [3.8, 4) is 22.6 Å². The molecule has 1 aromatic heterocycles. The first kappa shape index (κ1) is 17.8. The Morgan fingerprint density at radius 1 is 1.08 bits per heavy atom. The summed E-state index contributed by atoms with van der Waals surface area (Å²) >= 11 is 0. The lowest BCUT2D eigenvalue weighted by Gasteiger charge is -2.15. The van der Waals surface area contributed by atoms with E-state index in [0.717, 1.165) is 12.1 Å². The van der Waals surface area contributed by atoms with Gasteiger partial charge in [0.25, 0.3) is 0 Å². The Hall–Kier alpha value is -3.03. The van der Waals surface area contributed by atoms with E-state index in [1.807, 2.05) is 0 Å². The number of nitrogens with zero attached hydrogens (tertiary/aromatic N) is 1. The van der Waals surface area contributed by atoms with Crippen molar-refractivity contribution in [2.75, 3.05) is 0 Å². The number of nitrogens with two attached hydrogens (primary N) is 1. The molecule has 0 aliphatic heterocycles. The number of hydrogen-bond donors (Lipinski definition) is 2. The molecule has 0 spiro atoms. The number of aliphatic hydroxyl groups excluding tert-OH is 1. The van der Waals surface area contributed by atoms with Crippen molar-refractivity contribution in [2.45, 2.75) is 6.23 Å². The minimum atomic E-state index is -1.21. The van der Waals surface area contributed by atoms with E-state index < -0.39 is 17.9 Å². The topological polar surface area (TPSA) is 77.5 Å². The van der Waals surface area contributed by atoms with Crippen LogP contribution in [-0.4, -0.2) is 9.67 Å². The second-order valence-electron chi connectivity index (χ2n) is 5.74. The number of aromatic nitrogens is 1. The molecule has 1 heterocycles. The highest BCUT2D eigenvalue weighted by Crippen LogP contribution is 2.35. The van der Waals surface area contributed by atoms with Crippen molar-refractivity contribution in [1.82, 2.24) is 4.57 Å². The second-order valence-corrected chi connectivity index (χ2v) is 5.74. The predicted molar refractivity (Wildman–Crippen MR) is 92.7 cm³/mol. The van der Waals surface area contributed by atoms with Gasteiger partial charge in [-0.3, -0.25) is 4.79 Å². The molecule has 0 radical (unpaired) electrons. The van der Waals surface area contributed by atoms with Crippen LogP contribution in [0.5, 0.6) is 11.5 Å². The number of halogens is 2. The number of ether oxygens (including phenoxy) is 1. The van der Waals surface area contributed by atoms with Crippen molar-refractivity contribution in [2.24, 2.45) is 12.8 Å². The van der Waals surface area contributed by atoms with Gasteiger partial charge in [-0.15, -0.1) is 0 Å². The largest absolute Gasteiger partial charge is 0.454 e. The van der Waals surface area contributed by atoms with Crippen LogP contribution in [-0.2, 0) is 7.05 Å². The van der Waals surface area contributed by atoms with E-state index in [1.165, 1.54) is 28.8 Å². The van der Waals surface area contributed by atoms with Crippen LogP contribution in [0.15, 0.2) is 59.5 Å². The first-order valence-corrected chi connectivity index (χ1v) is 7.72. The molecule has 3 aromatic rings. The van der Waals surface area contributed by atoms with E-state index in [9.17, 15) is 18.7 Å². The lowest BCUT2D eigenvalue weighted by atomic mass is 10.0. The van der Waals surface area contributed by atoms with Crippen LogP contribution < -0.4 is 16.0 Å². The first-order valence-electron chi connectivity index (χ1n) is 7.72. The molecule has 0 saturated heterocycles. The van der Waals surface area contributed by atoms with E-state index in [-0.39, 0.29) is 17.1 Å². The first-order chi connectivity index (χ1) is 12.3. The van der Waals surface area contributed by atoms with Gasteiger partial charge in [0.2, 0.25) is 5.56 Å². The summed E-state index contributed by atoms with van der Waals surface area (Å²) in [6.45, 7) is 0. The molecule has 7 heteroatoms. The van der Waals surface area contributed by atoms with Gasteiger partial charge in [0.1, 0.15) is 17.8 Å². The number of rotatable bonds is 4. The summed E-state index contributed by atoms with van der Waals surface area (Å²) in [7, 11) is 1.59. The molecule has 5 nitrogen and oxygen atoms in total. The summed E-state index contributed by atoms with van der Waals surface area (Å²) in [4.78, 5) is 11.6. The van der Waals surface area contributed by atoms with Crippen molar-refractivity contribution in [3.63, 3.8) is 0 Å². The Bertz CT molecular complexity index is 1020. The monoisotopic (exact) mass is 358 g/mol. The average Bonchev–Trinajstić information content (AvgIpc) is 2.60. The van der Waals surface area contributed by atoms with Gasteiger partial charge in [-0.25, -0.2) is 8.78 Å². The number of hydrogen-bond acceptors (Lipinski definition) is 4. The fourth-order valence-corrected chi connectivity index (χ4v) is 2.48. The zero-order chi connectivity index (χ0) is 18.8. The Morgan fingerprint density at radius 2 is 1.81 bits per heavy atom. The van der Waals surface area contributed by atoms with Gasteiger partial charge >= 0.3 is 0 Å². The van der Waals surface area contributed by atoms with E-state index >= 15 is 0 Å². The number of aryl methyl sites for hydroxylation is 1. The molecule has 0 fully saturated rings. The van der Waals surface area contributed by atoms with E-state index in [1.54, 1.807) is 25.4 Å². The SMILES string of the molecule is Cn1cc(-c2cc([C@H](N)O)ccc2Oc2ccc(F)cc2F)ccc1=O. The standard InChI is InChI=1S/C19H16F2N2O3/c1-23-10-12(3-7-18(23)24)14-8-11(19(22)25)2-5-16(14)26-17-6-4-13(20)9-15(17)21/h2-10,19,25H,22H2,1H3/t19-/m1/s1. The summed E-state index contributed by atoms with van der Waals surface area (Å²) in [6.07, 6.45) is 0.371. The van der Waals surface area contributed by atoms with E-state index in [0.29, 0.717) is 16.7 Å². The molecule has 134 valence electrons. The Labute approximate surface area is 147 Å². The fraction of sp³-hybridized carbons (Fsp3) is 0.105. The molecule has 1 atom stereocenters. The quantitative estimate of drug-likeness (QED) is 0.703. The van der Waals surface area contributed by atoms with Crippen molar-refractivity contribution >= 4 is 0 Å². The maximum Gasteiger partial charge on any atom is 0.250 e. The average molecular weight is 358 g/mol. The van der Waals surface area contributed by atoms with Gasteiger partial charge in [0.05, 0.1) is 0 Å².